The molecule has 0 fully saturated rings. The second kappa shape index (κ2) is 7.01. The highest BCUT2D eigenvalue weighted by Gasteiger charge is 2.32. The van der Waals surface area contributed by atoms with Crippen LogP contribution in [0.4, 0.5) is 13.2 Å². The number of aliphatic carboxylic acids is 1. The van der Waals surface area contributed by atoms with E-state index in [0.717, 1.165) is 9.58 Å². The highest BCUT2D eigenvalue weighted by atomic mass is 19.4. The molecule has 0 aliphatic rings. The number of likely N-dealkylation sites (N-methyl/N-ethyl adjacent to an activating group) is 1. The zero-order chi connectivity index (χ0) is 17.9. The predicted octanol–water partition coefficient (Wildman–Crippen LogP) is 2.10. The van der Waals surface area contributed by atoms with Gasteiger partial charge in [0.05, 0.1) is 11.6 Å². The number of halogens is 3. The number of carboxylic acids is 1. The van der Waals surface area contributed by atoms with Crippen LogP contribution in [0.5, 0.6) is 0 Å². The lowest BCUT2D eigenvalue weighted by Crippen LogP contribution is -2.38. The third-order valence-electron chi connectivity index (χ3n) is 3.59. The summed E-state index contributed by atoms with van der Waals surface area (Å²) in [7, 11) is 0. The highest BCUT2D eigenvalue weighted by molar-refractivity contribution is 5.86. The van der Waals surface area contributed by atoms with Crippen molar-refractivity contribution in [1.82, 2.24) is 14.7 Å². The summed E-state index contributed by atoms with van der Waals surface area (Å²) >= 11 is 0. The Bertz CT molecular complexity index is 596. The maximum Gasteiger partial charge on any atom is 0.408 e. The Morgan fingerprint density at radius 2 is 1.91 bits per heavy atom. The molecule has 23 heavy (non-hydrogen) atoms. The zero-order valence-electron chi connectivity index (χ0n) is 13.4. The first-order valence-electron chi connectivity index (χ1n) is 7.09. The Kier molecular flexibility index (Phi) is 5.79. The average molecular weight is 335 g/mol. The van der Waals surface area contributed by atoms with Crippen LogP contribution in [0, 0.1) is 13.8 Å². The molecule has 130 valence electrons. The minimum Gasteiger partial charge on any atom is -0.480 e. The molecule has 1 atom stereocenters. The van der Waals surface area contributed by atoms with E-state index in [4.69, 9.17) is 5.11 Å². The summed E-state index contributed by atoms with van der Waals surface area (Å²) < 4.78 is 38.5. The molecule has 0 aliphatic heterocycles. The Morgan fingerprint density at radius 3 is 2.35 bits per heavy atom. The van der Waals surface area contributed by atoms with E-state index in [-0.39, 0.29) is 12.2 Å². The number of carbonyl (C=O) groups is 2. The number of amides is 1. The standard InChI is InChI=1S/C14H20F3N3O3/c1-5-19(6-11(21)22)13(23)8(2)12-9(3)18-20(10(12)4)7-14(15,16)17/h8H,5-7H2,1-4H3,(H,21,22). The normalized spacial score (nSPS) is 13.0. The number of nitrogens with zero attached hydrogens (tertiary/aromatic N) is 3. The molecule has 0 spiro atoms. The third kappa shape index (κ3) is 4.70. The van der Waals surface area contributed by atoms with E-state index in [9.17, 15) is 22.8 Å². The van der Waals surface area contributed by atoms with E-state index in [1.807, 2.05) is 0 Å². The third-order valence-corrected chi connectivity index (χ3v) is 3.59. The van der Waals surface area contributed by atoms with Crippen LogP contribution in [0.25, 0.3) is 0 Å². The van der Waals surface area contributed by atoms with Gasteiger partial charge < -0.3 is 10.0 Å². The van der Waals surface area contributed by atoms with E-state index in [2.05, 4.69) is 5.10 Å². The lowest BCUT2D eigenvalue weighted by molar-refractivity contribution is -0.145. The fourth-order valence-corrected chi connectivity index (χ4v) is 2.57. The molecule has 1 unspecified atom stereocenters. The van der Waals surface area contributed by atoms with Gasteiger partial charge >= 0.3 is 12.1 Å². The van der Waals surface area contributed by atoms with Crippen LogP contribution >= 0.6 is 0 Å². The SMILES string of the molecule is CCN(CC(=O)O)C(=O)C(C)c1c(C)nn(CC(F)(F)F)c1C. The quantitative estimate of drug-likeness (QED) is 0.864. The molecule has 0 saturated carbocycles. The van der Waals surface area contributed by atoms with Crippen LogP contribution in [0.1, 0.15) is 36.7 Å². The molecular weight excluding hydrogens is 315 g/mol. The van der Waals surface area contributed by atoms with Crippen molar-refractivity contribution in [2.45, 2.75) is 46.3 Å². The molecule has 1 aromatic rings. The summed E-state index contributed by atoms with van der Waals surface area (Å²) in [5.74, 6) is -2.36. The monoisotopic (exact) mass is 335 g/mol. The van der Waals surface area contributed by atoms with Crippen LogP contribution in [-0.2, 0) is 16.1 Å². The van der Waals surface area contributed by atoms with Gasteiger partial charge in [-0.3, -0.25) is 14.3 Å². The van der Waals surface area contributed by atoms with Crippen molar-refractivity contribution < 1.29 is 27.9 Å². The minimum absolute atomic E-state index is 0.199. The number of rotatable bonds is 6. The van der Waals surface area contributed by atoms with Crippen LogP contribution in [0.2, 0.25) is 0 Å². The number of alkyl halides is 3. The van der Waals surface area contributed by atoms with Gasteiger partial charge in [-0.15, -0.1) is 0 Å². The van der Waals surface area contributed by atoms with Crippen molar-refractivity contribution >= 4 is 11.9 Å². The van der Waals surface area contributed by atoms with Gasteiger partial charge in [-0.1, -0.05) is 0 Å². The number of aryl methyl sites for hydroxylation is 1. The van der Waals surface area contributed by atoms with Gasteiger partial charge in [0, 0.05) is 17.8 Å². The van der Waals surface area contributed by atoms with Crippen molar-refractivity contribution in [3.63, 3.8) is 0 Å². The fourth-order valence-electron chi connectivity index (χ4n) is 2.57. The molecule has 6 nitrogen and oxygen atoms in total. The first kappa shape index (κ1) is 19.0. The Morgan fingerprint density at radius 1 is 1.35 bits per heavy atom. The van der Waals surface area contributed by atoms with E-state index in [1.165, 1.54) is 13.8 Å². The van der Waals surface area contributed by atoms with E-state index < -0.39 is 37.1 Å². The number of carbonyl (C=O) groups excluding carboxylic acids is 1. The molecule has 9 heteroatoms. The molecule has 1 heterocycles. The van der Waals surface area contributed by atoms with Crippen molar-refractivity contribution in [2.24, 2.45) is 0 Å². The summed E-state index contributed by atoms with van der Waals surface area (Å²) in [5, 5.41) is 12.7. The number of carboxylic acid groups (broad SMARTS) is 1. The summed E-state index contributed by atoms with van der Waals surface area (Å²) in [6.45, 7) is 4.71. The number of hydrogen-bond acceptors (Lipinski definition) is 3. The molecule has 0 aliphatic carbocycles. The minimum atomic E-state index is -4.41. The maximum absolute atomic E-state index is 12.5. The van der Waals surface area contributed by atoms with E-state index >= 15 is 0 Å². The molecule has 1 N–H and O–H groups in total. The summed E-state index contributed by atoms with van der Waals surface area (Å²) in [4.78, 5) is 24.3. The molecule has 0 saturated heterocycles. The van der Waals surface area contributed by atoms with Gasteiger partial charge in [-0.25, -0.2) is 0 Å². The van der Waals surface area contributed by atoms with Crippen LogP contribution < -0.4 is 0 Å². The average Bonchev–Trinajstić information content (AvgIpc) is 2.67. The predicted molar refractivity (Wildman–Crippen MR) is 76.1 cm³/mol. The van der Waals surface area contributed by atoms with Gasteiger partial charge in [0.25, 0.3) is 0 Å². The molecule has 0 bridgehead atoms. The summed E-state index contributed by atoms with van der Waals surface area (Å²) in [6.07, 6.45) is -4.41. The topological polar surface area (TPSA) is 75.4 Å². The van der Waals surface area contributed by atoms with Gasteiger partial charge in [0.1, 0.15) is 13.1 Å². The number of aromatic nitrogens is 2. The molecule has 1 amide bonds. The van der Waals surface area contributed by atoms with Gasteiger partial charge in [0.2, 0.25) is 5.91 Å². The summed E-state index contributed by atoms with van der Waals surface area (Å²) in [5.41, 5.74) is 0.995. The smallest absolute Gasteiger partial charge is 0.408 e. The zero-order valence-corrected chi connectivity index (χ0v) is 13.4. The van der Waals surface area contributed by atoms with Gasteiger partial charge in [-0.2, -0.15) is 18.3 Å². The maximum atomic E-state index is 12.5. The lowest BCUT2D eigenvalue weighted by Gasteiger charge is -2.23. The largest absolute Gasteiger partial charge is 0.480 e. The molecular formula is C14H20F3N3O3. The molecule has 1 rings (SSSR count). The molecule has 1 aromatic heterocycles. The van der Waals surface area contributed by atoms with E-state index in [0.29, 0.717) is 11.3 Å². The highest BCUT2D eigenvalue weighted by Crippen LogP contribution is 2.27. The Hall–Kier alpha value is -2.06. The first-order chi connectivity index (χ1) is 10.5. The first-order valence-corrected chi connectivity index (χ1v) is 7.09. The second-order valence-corrected chi connectivity index (χ2v) is 5.33. The van der Waals surface area contributed by atoms with Crippen LogP contribution in [0.3, 0.4) is 0 Å². The second-order valence-electron chi connectivity index (χ2n) is 5.33. The van der Waals surface area contributed by atoms with Crippen molar-refractivity contribution in [3.8, 4) is 0 Å². The summed E-state index contributed by atoms with van der Waals surface area (Å²) in [6, 6.07) is 0. The Balaban J connectivity index is 3.10. The lowest BCUT2D eigenvalue weighted by atomic mass is 9.97. The van der Waals surface area contributed by atoms with Gasteiger partial charge in [-0.05, 0) is 27.7 Å². The fraction of sp³-hybridized carbons (Fsp3) is 0.643. The van der Waals surface area contributed by atoms with Crippen molar-refractivity contribution in [3.05, 3.63) is 17.0 Å². The molecule has 0 radical (unpaired) electrons. The van der Waals surface area contributed by atoms with E-state index in [1.54, 1.807) is 13.8 Å². The van der Waals surface area contributed by atoms with Crippen LogP contribution in [-0.4, -0.2) is 50.9 Å². The van der Waals surface area contributed by atoms with Gasteiger partial charge in [0.15, 0.2) is 0 Å². The van der Waals surface area contributed by atoms with Crippen molar-refractivity contribution in [1.29, 1.82) is 0 Å². The number of hydrogen-bond donors (Lipinski definition) is 1. The molecule has 0 aromatic carbocycles. The van der Waals surface area contributed by atoms with Crippen molar-refractivity contribution in [2.75, 3.05) is 13.1 Å². The van der Waals surface area contributed by atoms with Crippen LogP contribution in [0.15, 0.2) is 0 Å². The Labute approximate surface area is 131 Å².